The number of nitrogens with two attached hydrogens (primary N) is 1. The highest BCUT2D eigenvalue weighted by atomic mass is 32.1. The zero-order chi connectivity index (χ0) is 9.26. The molecule has 0 radical (unpaired) electrons. The van der Waals surface area contributed by atoms with Crippen LogP contribution in [0.4, 0.5) is 0 Å². The highest BCUT2D eigenvalue weighted by molar-refractivity contribution is 7.07. The van der Waals surface area contributed by atoms with Crippen molar-refractivity contribution in [1.29, 1.82) is 0 Å². The SMILES string of the molecule is Cn1ncc(C(N)c2ccsc2)n1. The van der Waals surface area contributed by atoms with Gasteiger partial charge < -0.3 is 5.73 Å². The van der Waals surface area contributed by atoms with Gasteiger partial charge in [-0.1, -0.05) is 0 Å². The van der Waals surface area contributed by atoms with Crippen molar-refractivity contribution in [1.82, 2.24) is 15.0 Å². The van der Waals surface area contributed by atoms with E-state index in [0.29, 0.717) is 0 Å². The lowest BCUT2D eigenvalue weighted by molar-refractivity contribution is 0.637. The van der Waals surface area contributed by atoms with E-state index in [1.54, 1.807) is 24.6 Å². The van der Waals surface area contributed by atoms with Crippen LogP contribution in [0.3, 0.4) is 0 Å². The van der Waals surface area contributed by atoms with Crippen LogP contribution < -0.4 is 5.73 Å². The zero-order valence-corrected chi connectivity index (χ0v) is 8.03. The van der Waals surface area contributed by atoms with Crippen LogP contribution >= 0.6 is 11.3 Å². The van der Waals surface area contributed by atoms with Gasteiger partial charge in [-0.25, -0.2) is 0 Å². The molecule has 0 fully saturated rings. The predicted octanol–water partition coefficient (Wildman–Crippen LogP) is 0.925. The Bertz CT molecular complexity index is 379. The number of aryl methyl sites for hydroxylation is 1. The molecule has 68 valence electrons. The van der Waals surface area contributed by atoms with Crippen molar-refractivity contribution < 1.29 is 0 Å². The van der Waals surface area contributed by atoms with Gasteiger partial charge in [-0.2, -0.15) is 26.3 Å². The fraction of sp³-hybridized carbons (Fsp3) is 0.250. The molecule has 0 aliphatic heterocycles. The predicted molar refractivity (Wildman–Crippen MR) is 51.4 cm³/mol. The van der Waals surface area contributed by atoms with Crippen LogP contribution in [0.5, 0.6) is 0 Å². The van der Waals surface area contributed by atoms with Gasteiger partial charge in [0.15, 0.2) is 0 Å². The van der Waals surface area contributed by atoms with Gasteiger partial charge in [0.1, 0.15) is 5.69 Å². The molecule has 0 spiro atoms. The third-order valence-corrected chi connectivity index (χ3v) is 2.54. The number of hydrogen-bond acceptors (Lipinski definition) is 4. The summed E-state index contributed by atoms with van der Waals surface area (Å²) < 4.78 is 0. The summed E-state index contributed by atoms with van der Waals surface area (Å²) in [7, 11) is 1.78. The van der Waals surface area contributed by atoms with Gasteiger partial charge in [-0.05, 0) is 22.4 Å². The van der Waals surface area contributed by atoms with Crippen molar-refractivity contribution in [3.05, 3.63) is 34.3 Å². The van der Waals surface area contributed by atoms with E-state index in [1.165, 1.54) is 4.80 Å². The quantitative estimate of drug-likeness (QED) is 0.773. The van der Waals surface area contributed by atoms with Crippen LogP contribution in [0.2, 0.25) is 0 Å². The van der Waals surface area contributed by atoms with Gasteiger partial charge in [-0.3, -0.25) is 0 Å². The van der Waals surface area contributed by atoms with Crippen LogP contribution in [0.15, 0.2) is 23.0 Å². The van der Waals surface area contributed by atoms with Crippen LogP contribution in [0.25, 0.3) is 0 Å². The van der Waals surface area contributed by atoms with E-state index >= 15 is 0 Å². The lowest BCUT2D eigenvalue weighted by Gasteiger charge is -2.04. The molecule has 0 aliphatic carbocycles. The molecule has 2 rings (SSSR count). The summed E-state index contributed by atoms with van der Waals surface area (Å²) >= 11 is 1.63. The molecule has 2 N–H and O–H groups in total. The first-order valence-corrected chi connectivity index (χ1v) is 4.85. The second kappa shape index (κ2) is 3.27. The Labute approximate surface area is 80.0 Å². The molecule has 0 aliphatic rings. The highest BCUT2D eigenvalue weighted by Gasteiger charge is 2.11. The van der Waals surface area contributed by atoms with E-state index in [-0.39, 0.29) is 6.04 Å². The molecule has 0 amide bonds. The molecular weight excluding hydrogens is 184 g/mol. The molecule has 5 heteroatoms. The topological polar surface area (TPSA) is 56.7 Å². The maximum atomic E-state index is 5.96. The number of rotatable bonds is 2. The summed E-state index contributed by atoms with van der Waals surface area (Å²) in [4.78, 5) is 1.52. The van der Waals surface area contributed by atoms with Gasteiger partial charge in [-0.15, -0.1) is 0 Å². The minimum Gasteiger partial charge on any atom is -0.319 e. The Morgan fingerprint density at radius 2 is 2.46 bits per heavy atom. The molecule has 0 aromatic carbocycles. The van der Waals surface area contributed by atoms with Crippen molar-refractivity contribution in [2.24, 2.45) is 12.8 Å². The first-order valence-electron chi connectivity index (χ1n) is 3.91. The average molecular weight is 194 g/mol. The van der Waals surface area contributed by atoms with Gasteiger partial charge in [0.2, 0.25) is 0 Å². The molecule has 2 aromatic heterocycles. The Morgan fingerprint density at radius 3 is 3.00 bits per heavy atom. The van der Waals surface area contributed by atoms with Crippen molar-refractivity contribution in [3.8, 4) is 0 Å². The number of nitrogens with zero attached hydrogens (tertiary/aromatic N) is 3. The largest absolute Gasteiger partial charge is 0.319 e. The standard InChI is InChI=1S/C8H10N4S/c1-12-10-4-7(11-12)8(9)6-2-3-13-5-6/h2-5,8H,9H2,1H3. The smallest absolute Gasteiger partial charge is 0.104 e. The van der Waals surface area contributed by atoms with Crippen LogP contribution in [0, 0.1) is 0 Å². The van der Waals surface area contributed by atoms with Gasteiger partial charge >= 0.3 is 0 Å². The normalized spacial score (nSPS) is 13.1. The molecule has 1 atom stereocenters. The number of hydrogen-bond donors (Lipinski definition) is 1. The Kier molecular flexibility index (Phi) is 2.12. The molecule has 2 aromatic rings. The maximum absolute atomic E-state index is 5.96. The van der Waals surface area contributed by atoms with E-state index in [9.17, 15) is 0 Å². The molecule has 13 heavy (non-hydrogen) atoms. The second-order valence-electron chi connectivity index (χ2n) is 2.79. The summed E-state index contributed by atoms with van der Waals surface area (Å²) in [6.07, 6.45) is 1.70. The fourth-order valence-electron chi connectivity index (χ4n) is 1.13. The van der Waals surface area contributed by atoms with Gasteiger partial charge in [0.05, 0.1) is 12.2 Å². The molecule has 0 saturated carbocycles. The lowest BCUT2D eigenvalue weighted by Crippen LogP contribution is -2.11. The van der Waals surface area contributed by atoms with Crippen LogP contribution in [-0.4, -0.2) is 15.0 Å². The van der Waals surface area contributed by atoms with E-state index < -0.39 is 0 Å². The van der Waals surface area contributed by atoms with Crippen molar-refractivity contribution in [2.75, 3.05) is 0 Å². The Balaban J connectivity index is 2.28. The van der Waals surface area contributed by atoms with Gasteiger partial charge in [0.25, 0.3) is 0 Å². The summed E-state index contributed by atoms with van der Waals surface area (Å²) in [5.41, 5.74) is 7.86. The van der Waals surface area contributed by atoms with Gasteiger partial charge in [0, 0.05) is 7.05 Å². The minimum atomic E-state index is -0.153. The lowest BCUT2D eigenvalue weighted by atomic mass is 10.1. The average Bonchev–Trinajstić information content (AvgIpc) is 2.72. The first-order chi connectivity index (χ1) is 6.27. The van der Waals surface area contributed by atoms with E-state index in [1.807, 2.05) is 16.8 Å². The molecule has 0 saturated heterocycles. The third-order valence-electron chi connectivity index (χ3n) is 1.84. The summed E-state index contributed by atoms with van der Waals surface area (Å²) in [5.74, 6) is 0. The van der Waals surface area contributed by atoms with Crippen molar-refractivity contribution >= 4 is 11.3 Å². The Morgan fingerprint density at radius 1 is 1.62 bits per heavy atom. The summed E-state index contributed by atoms with van der Waals surface area (Å²) in [6.45, 7) is 0. The van der Waals surface area contributed by atoms with Crippen LogP contribution in [0.1, 0.15) is 17.3 Å². The van der Waals surface area contributed by atoms with E-state index in [0.717, 1.165) is 11.3 Å². The minimum absolute atomic E-state index is 0.153. The number of aromatic nitrogens is 3. The third kappa shape index (κ3) is 1.61. The number of thiophene rings is 1. The van der Waals surface area contributed by atoms with Crippen LogP contribution in [-0.2, 0) is 7.05 Å². The summed E-state index contributed by atoms with van der Waals surface area (Å²) in [5, 5.41) is 12.2. The fourth-order valence-corrected chi connectivity index (χ4v) is 1.82. The van der Waals surface area contributed by atoms with Crippen molar-refractivity contribution in [2.45, 2.75) is 6.04 Å². The van der Waals surface area contributed by atoms with E-state index in [2.05, 4.69) is 10.2 Å². The monoisotopic (exact) mass is 194 g/mol. The first kappa shape index (κ1) is 8.40. The molecular formula is C8H10N4S. The van der Waals surface area contributed by atoms with Crippen molar-refractivity contribution in [3.63, 3.8) is 0 Å². The zero-order valence-electron chi connectivity index (χ0n) is 7.21. The Hall–Kier alpha value is -1.20. The maximum Gasteiger partial charge on any atom is 0.104 e. The molecule has 1 unspecified atom stereocenters. The molecule has 0 bridgehead atoms. The molecule has 4 nitrogen and oxygen atoms in total. The summed E-state index contributed by atoms with van der Waals surface area (Å²) in [6, 6.07) is 1.85. The molecule has 2 heterocycles. The second-order valence-corrected chi connectivity index (χ2v) is 3.57. The highest BCUT2D eigenvalue weighted by Crippen LogP contribution is 2.18. The van der Waals surface area contributed by atoms with E-state index in [4.69, 9.17) is 5.73 Å².